The zero-order valence-electron chi connectivity index (χ0n) is 11.9. The summed E-state index contributed by atoms with van der Waals surface area (Å²) in [7, 11) is 1.54. The second-order valence-corrected chi connectivity index (χ2v) is 6.28. The van der Waals surface area contributed by atoms with E-state index < -0.39 is 0 Å². The standard InChI is InChI=1S/C14H21ClN4O/c1-20-13-17-11(15)16-12(18-13)19-9-7-14(8-10-19)5-3-2-4-6-14/h2-10H2,1H3. The Bertz CT molecular complexity index is 466. The molecule has 2 heterocycles. The molecule has 2 fully saturated rings. The summed E-state index contributed by atoms with van der Waals surface area (Å²) in [6, 6.07) is 0.290. The minimum atomic E-state index is 0.199. The Morgan fingerprint density at radius 2 is 1.70 bits per heavy atom. The number of aromatic nitrogens is 3. The van der Waals surface area contributed by atoms with Crippen molar-refractivity contribution in [3.8, 4) is 6.01 Å². The molecule has 110 valence electrons. The molecule has 0 amide bonds. The summed E-state index contributed by atoms with van der Waals surface area (Å²) in [6.07, 6.45) is 9.45. The molecule has 0 bridgehead atoms. The predicted octanol–water partition coefficient (Wildman–Crippen LogP) is 3.08. The van der Waals surface area contributed by atoms with Crippen LogP contribution < -0.4 is 9.64 Å². The molecule has 1 spiro atoms. The molecule has 0 atom stereocenters. The van der Waals surface area contributed by atoms with E-state index in [2.05, 4.69) is 19.9 Å². The van der Waals surface area contributed by atoms with Gasteiger partial charge in [-0.3, -0.25) is 0 Å². The van der Waals surface area contributed by atoms with E-state index >= 15 is 0 Å². The lowest BCUT2D eigenvalue weighted by atomic mass is 9.68. The number of halogens is 1. The van der Waals surface area contributed by atoms with Crippen molar-refractivity contribution >= 4 is 17.5 Å². The molecule has 1 aliphatic heterocycles. The fraction of sp³-hybridized carbons (Fsp3) is 0.786. The van der Waals surface area contributed by atoms with E-state index in [4.69, 9.17) is 16.3 Å². The van der Waals surface area contributed by atoms with Gasteiger partial charge in [0.2, 0.25) is 11.2 Å². The first-order valence-corrected chi connectivity index (χ1v) is 7.79. The van der Waals surface area contributed by atoms with E-state index in [9.17, 15) is 0 Å². The van der Waals surface area contributed by atoms with Gasteiger partial charge in [-0.15, -0.1) is 0 Å². The van der Waals surface area contributed by atoms with Crippen molar-refractivity contribution in [3.63, 3.8) is 0 Å². The SMILES string of the molecule is COc1nc(Cl)nc(N2CCC3(CCCCC3)CC2)n1. The Morgan fingerprint density at radius 3 is 2.35 bits per heavy atom. The molecule has 0 radical (unpaired) electrons. The highest BCUT2D eigenvalue weighted by Crippen LogP contribution is 2.44. The van der Waals surface area contributed by atoms with E-state index in [0.29, 0.717) is 11.4 Å². The topological polar surface area (TPSA) is 51.1 Å². The van der Waals surface area contributed by atoms with Crippen LogP contribution >= 0.6 is 11.6 Å². The quantitative estimate of drug-likeness (QED) is 0.839. The van der Waals surface area contributed by atoms with E-state index in [1.807, 2.05) is 0 Å². The average molecular weight is 297 g/mol. The summed E-state index contributed by atoms with van der Waals surface area (Å²) in [5.41, 5.74) is 0.579. The van der Waals surface area contributed by atoms with E-state index in [1.165, 1.54) is 44.9 Å². The summed E-state index contributed by atoms with van der Waals surface area (Å²) in [6.45, 7) is 2.01. The minimum absolute atomic E-state index is 0.199. The molecule has 1 aromatic rings. The van der Waals surface area contributed by atoms with Crippen LogP contribution in [0.4, 0.5) is 5.95 Å². The van der Waals surface area contributed by atoms with Crippen LogP contribution in [0.1, 0.15) is 44.9 Å². The molecule has 2 aliphatic rings. The molecule has 1 saturated carbocycles. The molecule has 1 aromatic heterocycles. The molecule has 1 aliphatic carbocycles. The third kappa shape index (κ3) is 2.82. The molecule has 0 N–H and O–H groups in total. The van der Waals surface area contributed by atoms with Gasteiger partial charge in [-0.2, -0.15) is 15.0 Å². The number of piperidine rings is 1. The van der Waals surface area contributed by atoms with Crippen LogP contribution in [0, 0.1) is 5.41 Å². The van der Waals surface area contributed by atoms with Crippen LogP contribution in [0.25, 0.3) is 0 Å². The third-order valence-corrected chi connectivity index (χ3v) is 4.95. The van der Waals surface area contributed by atoms with Gasteiger partial charge in [0, 0.05) is 13.1 Å². The number of methoxy groups -OCH3 is 1. The Hall–Kier alpha value is -1.10. The van der Waals surface area contributed by atoms with Crippen molar-refractivity contribution in [3.05, 3.63) is 5.28 Å². The highest BCUT2D eigenvalue weighted by atomic mass is 35.5. The second-order valence-electron chi connectivity index (χ2n) is 5.94. The smallest absolute Gasteiger partial charge is 0.322 e. The number of hydrogen-bond acceptors (Lipinski definition) is 5. The summed E-state index contributed by atoms with van der Waals surface area (Å²) < 4.78 is 5.06. The minimum Gasteiger partial charge on any atom is -0.467 e. The van der Waals surface area contributed by atoms with Gasteiger partial charge < -0.3 is 9.64 Å². The summed E-state index contributed by atoms with van der Waals surface area (Å²) in [5, 5.41) is 0.199. The van der Waals surface area contributed by atoms with Crippen LogP contribution in [-0.4, -0.2) is 35.2 Å². The Labute approximate surface area is 124 Å². The first kappa shape index (κ1) is 13.9. The van der Waals surface area contributed by atoms with Crippen LogP contribution in [0.15, 0.2) is 0 Å². The van der Waals surface area contributed by atoms with Crippen molar-refractivity contribution in [1.82, 2.24) is 15.0 Å². The molecular weight excluding hydrogens is 276 g/mol. The molecule has 0 unspecified atom stereocenters. The van der Waals surface area contributed by atoms with Gasteiger partial charge >= 0.3 is 6.01 Å². The fourth-order valence-corrected chi connectivity index (χ4v) is 3.69. The fourth-order valence-electron chi connectivity index (χ4n) is 3.54. The van der Waals surface area contributed by atoms with E-state index in [-0.39, 0.29) is 11.3 Å². The number of rotatable bonds is 2. The molecule has 6 heteroatoms. The normalized spacial score (nSPS) is 22.0. The number of ether oxygens (including phenoxy) is 1. The summed E-state index contributed by atoms with van der Waals surface area (Å²) in [5.74, 6) is 0.646. The van der Waals surface area contributed by atoms with Gasteiger partial charge in [0.25, 0.3) is 0 Å². The maximum Gasteiger partial charge on any atom is 0.322 e. The highest BCUT2D eigenvalue weighted by molar-refractivity contribution is 6.28. The first-order valence-electron chi connectivity index (χ1n) is 7.41. The monoisotopic (exact) mass is 296 g/mol. The van der Waals surface area contributed by atoms with Crippen LogP contribution in [-0.2, 0) is 0 Å². The number of nitrogens with zero attached hydrogens (tertiary/aromatic N) is 4. The number of hydrogen-bond donors (Lipinski definition) is 0. The predicted molar refractivity (Wildman–Crippen MR) is 78.4 cm³/mol. The lowest BCUT2D eigenvalue weighted by Gasteiger charge is -2.44. The van der Waals surface area contributed by atoms with Crippen molar-refractivity contribution in [2.24, 2.45) is 5.41 Å². The van der Waals surface area contributed by atoms with Gasteiger partial charge in [-0.05, 0) is 42.7 Å². The largest absolute Gasteiger partial charge is 0.467 e. The first-order chi connectivity index (χ1) is 9.71. The summed E-state index contributed by atoms with van der Waals surface area (Å²) in [4.78, 5) is 14.7. The molecular formula is C14H21ClN4O. The van der Waals surface area contributed by atoms with Gasteiger partial charge in [0.15, 0.2) is 0 Å². The van der Waals surface area contributed by atoms with E-state index in [1.54, 1.807) is 7.11 Å². The Morgan fingerprint density at radius 1 is 1.00 bits per heavy atom. The van der Waals surface area contributed by atoms with Crippen molar-refractivity contribution in [2.75, 3.05) is 25.1 Å². The Kier molecular flexibility index (Phi) is 3.96. The van der Waals surface area contributed by atoms with Crippen molar-refractivity contribution in [2.45, 2.75) is 44.9 Å². The molecule has 1 saturated heterocycles. The number of anilines is 1. The zero-order chi connectivity index (χ0) is 14.0. The maximum absolute atomic E-state index is 5.92. The lowest BCUT2D eigenvalue weighted by Crippen LogP contribution is -2.41. The average Bonchev–Trinajstić information content (AvgIpc) is 2.48. The Balaban J connectivity index is 1.70. The maximum atomic E-state index is 5.92. The van der Waals surface area contributed by atoms with Crippen molar-refractivity contribution in [1.29, 1.82) is 0 Å². The molecule has 20 heavy (non-hydrogen) atoms. The van der Waals surface area contributed by atoms with Gasteiger partial charge in [0.1, 0.15) is 0 Å². The van der Waals surface area contributed by atoms with E-state index in [0.717, 1.165) is 13.1 Å². The lowest BCUT2D eigenvalue weighted by molar-refractivity contribution is 0.143. The van der Waals surface area contributed by atoms with Crippen LogP contribution in [0.5, 0.6) is 6.01 Å². The third-order valence-electron chi connectivity index (χ3n) is 4.78. The second kappa shape index (κ2) is 5.72. The van der Waals surface area contributed by atoms with Crippen molar-refractivity contribution < 1.29 is 4.74 Å². The van der Waals surface area contributed by atoms with Crippen LogP contribution in [0.2, 0.25) is 5.28 Å². The van der Waals surface area contributed by atoms with Gasteiger partial charge in [-0.25, -0.2) is 0 Å². The molecule has 5 nitrogen and oxygen atoms in total. The zero-order valence-corrected chi connectivity index (χ0v) is 12.7. The van der Waals surface area contributed by atoms with Gasteiger partial charge in [0.05, 0.1) is 7.11 Å². The van der Waals surface area contributed by atoms with Crippen LogP contribution in [0.3, 0.4) is 0 Å². The highest BCUT2D eigenvalue weighted by Gasteiger charge is 2.36. The molecule has 3 rings (SSSR count). The molecule has 0 aromatic carbocycles. The summed E-state index contributed by atoms with van der Waals surface area (Å²) >= 11 is 5.92. The van der Waals surface area contributed by atoms with Gasteiger partial charge in [-0.1, -0.05) is 19.3 Å².